The van der Waals surface area contributed by atoms with Gasteiger partial charge in [-0.05, 0) is 30.1 Å². The van der Waals surface area contributed by atoms with E-state index in [-0.39, 0.29) is 11.6 Å². The number of fused-ring (bicyclic) bond motifs is 1. The van der Waals surface area contributed by atoms with Gasteiger partial charge < -0.3 is 10.6 Å². The minimum atomic E-state index is -0.322. The highest BCUT2D eigenvalue weighted by Crippen LogP contribution is 2.34. The number of carbonyl (C=O) groups is 1. The molecule has 1 aliphatic rings. The van der Waals surface area contributed by atoms with Crippen molar-refractivity contribution < 1.29 is 4.79 Å². The lowest BCUT2D eigenvalue weighted by molar-refractivity contribution is 0.102. The van der Waals surface area contributed by atoms with Crippen molar-refractivity contribution in [1.82, 2.24) is 14.9 Å². The molecule has 96 valence electrons. The summed E-state index contributed by atoms with van der Waals surface area (Å²) in [5.74, 6) is -0.322. The summed E-state index contributed by atoms with van der Waals surface area (Å²) in [6.45, 7) is 1.62. The molecule has 0 aromatic carbocycles. The van der Waals surface area contributed by atoms with Gasteiger partial charge in [0.15, 0.2) is 5.69 Å². The van der Waals surface area contributed by atoms with Crippen molar-refractivity contribution in [2.75, 3.05) is 11.9 Å². The van der Waals surface area contributed by atoms with Gasteiger partial charge >= 0.3 is 0 Å². The Balaban J connectivity index is 1.91. The first-order valence-corrected chi connectivity index (χ1v) is 7.28. The summed E-state index contributed by atoms with van der Waals surface area (Å²) < 4.78 is 3.65. The molecule has 0 radical (unpaired) electrons. The van der Waals surface area contributed by atoms with E-state index in [1.807, 2.05) is 0 Å². The number of rotatable bonds is 2. The molecule has 0 unspecified atom stereocenters. The minimum absolute atomic E-state index is 0.276. The summed E-state index contributed by atoms with van der Waals surface area (Å²) >= 11 is 2.57. The van der Waals surface area contributed by atoms with E-state index < -0.39 is 0 Å². The Labute approximate surface area is 117 Å². The first kappa shape index (κ1) is 12.2. The number of anilines is 1. The fourth-order valence-electron chi connectivity index (χ4n) is 1.97. The average molecular weight is 291 g/mol. The van der Waals surface area contributed by atoms with Gasteiger partial charge in [0.05, 0.1) is 5.56 Å². The minimum Gasteiger partial charge on any atom is -0.312 e. The van der Waals surface area contributed by atoms with E-state index in [0.29, 0.717) is 10.6 Å². The van der Waals surface area contributed by atoms with Crippen molar-refractivity contribution in [2.24, 2.45) is 0 Å². The maximum Gasteiger partial charge on any atom is 0.277 e. The van der Waals surface area contributed by atoms with Gasteiger partial charge in [-0.3, -0.25) is 4.79 Å². The molecule has 3 rings (SSSR count). The largest absolute Gasteiger partial charge is 0.312 e. The number of carbonyl (C=O) groups excluding carboxylic acids is 1. The standard InChI is InChI=1S/C11H9N5OS2/c12-3-7-6-1-2-13-4-9(6)19-11(7)14-10(17)8-5-18-16-15-8/h5,13H,1-2,4H2,(H,14,17). The molecule has 1 aliphatic heterocycles. The van der Waals surface area contributed by atoms with E-state index in [9.17, 15) is 10.1 Å². The van der Waals surface area contributed by atoms with Crippen LogP contribution in [0.3, 0.4) is 0 Å². The molecule has 0 bridgehead atoms. The van der Waals surface area contributed by atoms with Crippen LogP contribution in [-0.4, -0.2) is 22.0 Å². The van der Waals surface area contributed by atoms with Crippen molar-refractivity contribution in [3.63, 3.8) is 0 Å². The molecular weight excluding hydrogens is 282 g/mol. The van der Waals surface area contributed by atoms with E-state index in [0.717, 1.165) is 41.5 Å². The molecule has 0 fully saturated rings. The lowest BCUT2D eigenvalue weighted by Gasteiger charge is -2.11. The zero-order valence-corrected chi connectivity index (χ0v) is 11.4. The second kappa shape index (κ2) is 5.05. The summed E-state index contributed by atoms with van der Waals surface area (Å²) in [5.41, 5.74) is 1.91. The number of amides is 1. The summed E-state index contributed by atoms with van der Waals surface area (Å²) in [6.07, 6.45) is 0.822. The summed E-state index contributed by atoms with van der Waals surface area (Å²) in [7, 11) is 0. The number of thiophene rings is 1. The van der Waals surface area contributed by atoms with Gasteiger partial charge in [0.2, 0.25) is 0 Å². The SMILES string of the molecule is N#Cc1c(NC(=O)c2csnn2)sc2c1CCNC2. The van der Waals surface area contributed by atoms with Gasteiger partial charge in [0.25, 0.3) is 5.91 Å². The van der Waals surface area contributed by atoms with Crippen molar-refractivity contribution in [2.45, 2.75) is 13.0 Å². The molecule has 2 aromatic rings. The molecule has 6 nitrogen and oxygen atoms in total. The van der Waals surface area contributed by atoms with Gasteiger partial charge in [-0.25, -0.2) is 0 Å². The Hall–Kier alpha value is -1.82. The third kappa shape index (κ3) is 2.23. The number of hydrogen-bond donors (Lipinski definition) is 2. The highest BCUT2D eigenvalue weighted by Gasteiger charge is 2.22. The molecule has 0 saturated heterocycles. The first-order valence-electron chi connectivity index (χ1n) is 5.63. The van der Waals surface area contributed by atoms with Crippen LogP contribution >= 0.6 is 22.9 Å². The lowest BCUT2D eigenvalue weighted by Crippen LogP contribution is -2.22. The van der Waals surface area contributed by atoms with Crippen LogP contribution in [0.1, 0.15) is 26.5 Å². The molecular formula is C11H9N5OS2. The van der Waals surface area contributed by atoms with E-state index in [1.54, 1.807) is 5.38 Å². The molecule has 0 spiro atoms. The van der Waals surface area contributed by atoms with Crippen LogP contribution < -0.4 is 10.6 Å². The maximum absolute atomic E-state index is 11.9. The lowest BCUT2D eigenvalue weighted by atomic mass is 10.1. The van der Waals surface area contributed by atoms with Crippen LogP contribution in [0, 0.1) is 11.3 Å². The Morgan fingerprint density at radius 1 is 1.58 bits per heavy atom. The quantitative estimate of drug-likeness (QED) is 0.872. The number of hydrogen-bond acceptors (Lipinski definition) is 7. The molecule has 3 heterocycles. The average Bonchev–Trinajstić information content (AvgIpc) is 3.05. The van der Waals surface area contributed by atoms with Gasteiger partial charge in [-0.15, -0.1) is 16.4 Å². The highest BCUT2D eigenvalue weighted by atomic mass is 32.1. The first-order chi connectivity index (χ1) is 9.29. The molecule has 1 amide bonds. The van der Waals surface area contributed by atoms with Gasteiger partial charge in [0.1, 0.15) is 11.1 Å². The molecule has 0 saturated carbocycles. The number of nitriles is 1. The smallest absolute Gasteiger partial charge is 0.277 e. The third-order valence-electron chi connectivity index (χ3n) is 2.86. The van der Waals surface area contributed by atoms with Crippen molar-refractivity contribution >= 4 is 33.8 Å². The van der Waals surface area contributed by atoms with E-state index >= 15 is 0 Å². The maximum atomic E-state index is 11.9. The van der Waals surface area contributed by atoms with Crippen LogP contribution in [0.15, 0.2) is 5.38 Å². The summed E-state index contributed by atoms with van der Waals surface area (Å²) in [5, 5.41) is 21.2. The second-order valence-electron chi connectivity index (χ2n) is 3.99. The zero-order chi connectivity index (χ0) is 13.2. The van der Waals surface area contributed by atoms with E-state index in [1.165, 1.54) is 11.3 Å². The van der Waals surface area contributed by atoms with Crippen molar-refractivity contribution in [3.8, 4) is 6.07 Å². The summed E-state index contributed by atoms with van der Waals surface area (Å²) in [4.78, 5) is 13.1. The number of nitrogens with zero attached hydrogens (tertiary/aromatic N) is 3. The fraction of sp³-hybridized carbons (Fsp3) is 0.273. The second-order valence-corrected chi connectivity index (χ2v) is 5.71. The monoisotopic (exact) mass is 291 g/mol. The Morgan fingerprint density at radius 2 is 2.47 bits per heavy atom. The van der Waals surface area contributed by atoms with Crippen LogP contribution in [0.4, 0.5) is 5.00 Å². The summed E-state index contributed by atoms with van der Waals surface area (Å²) in [6, 6.07) is 2.19. The third-order valence-corrected chi connectivity index (χ3v) is 4.51. The highest BCUT2D eigenvalue weighted by molar-refractivity contribution is 7.16. The molecule has 2 N–H and O–H groups in total. The van der Waals surface area contributed by atoms with Crippen LogP contribution in [0.2, 0.25) is 0 Å². The fourth-order valence-corrected chi connectivity index (χ4v) is 3.57. The van der Waals surface area contributed by atoms with Gasteiger partial charge in [0, 0.05) is 16.8 Å². The van der Waals surface area contributed by atoms with E-state index in [2.05, 4.69) is 26.3 Å². The predicted octanol–water partition coefficient (Wildman–Crippen LogP) is 1.37. The molecule has 0 atom stereocenters. The molecule has 19 heavy (non-hydrogen) atoms. The van der Waals surface area contributed by atoms with Gasteiger partial charge in [-0.1, -0.05) is 4.49 Å². The molecule has 0 aliphatic carbocycles. The molecule has 8 heteroatoms. The Morgan fingerprint density at radius 3 is 3.21 bits per heavy atom. The Bertz CT molecular complexity index is 655. The Kier molecular flexibility index (Phi) is 3.25. The predicted molar refractivity (Wildman–Crippen MR) is 72.3 cm³/mol. The number of aromatic nitrogens is 2. The van der Waals surface area contributed by atoms with Crippen molar-refractivity contribution in [1.29, 1.82) is 5.26 Å². The van der Waals surface area contributed by atoms with Crippen LogP contribution in [0.25, 0.3) is 0 Å². The van der Waals surface area contributed by atoms with Crippen molar-refractivity contribution in [3.05, 3.63) is 27.1 Å². The van der Waals surface area contributed by atoms with Crippen LogP contribution in [0.5, 0.6) is 0 Å². The van der Waals surface area contributed by atoms with Crippen LogP contribution in [-0.2, 0) is 13.0 Å². The molecule has 2 aromatic heterocycles. The zero-order valence-electron chi connectivity index (χ0n) is 9.77. The normalized spacial score (nSPS) is 13.6. The van der Waals surface area contributed by atoms with E-state index in [4.69, 9.17) is 0 Å². The van der Waals surface area contributed by atoms with Gasteiger partial charge in [-0.2, -0.15) is 5.26 Å². The number of nitrogens with one attached hydrogen (secondary N) is 2. The topological polar surface area (TPSA) is 90.7 Å².